The van der Waals surface area contributed by atoms with Gasteiger partial charge in [0.05, 0.1) is 11.6 Å². The van der Waals surface area contributed by atoms with Crippen LogP contribution < -0.4 is 0 Å². The average Bonchev–Trinajstić information content (AvgIpc) is 2.46. The summed E-state index contributed by atoms with van der Waals surface area (Å²) in [6.45, 7) is 0.163. The Kier molecular flexibility index (Phi) is 4.73. The minimum Gasteiger partial charge on any atom is -0.396 e. The van der Waals surface area contributed by atoms with E-state index in [1.165, 1.54) is 0 Å². The molecule has 2 aromatic rings. The van der Waals surface area contributed by atoms with E-state index in [-0.39, 0.29) is 6.61 Å². The van der Waals surface area contributed by atoms with E-state index >= 15 is 0 Å². The molecule has 0 amide bonds. The van der Waals surface area contributed by atoms with Gasteiger partial charge >= 0.3 is 0 Å². The summed E-state index contributed by atoms with van der Waals surface area (Å²) in [4.78, 5) is 0. The van der Waals surface area contributed by atoms with Crippen molar-refractivity contribution in [3.8, 4) is 17.2 Å². The third-order valence-corrected chi connectivity index (χ3v) is 3.52. The highest BCUT2D eigenvalue weighted by Gasteiger charge is 2.06. The van der Waals surface area contributed by atoms with Crippen molar-refractivity contribution in [3.05, 3.63) is 58.1 Å². The molecule has 1 N–H and O–H groups in total. The Labute approximate surface area is 121 Å². The minimum atomic E-state index is 0.163. The Hall–Kier alpha value is -1.63. The number of hydrogen-bond acceptors (Lipinski definition) is 2. The van der Waals surface area contributed by atoms with Crippen LogP contribution in [0.3, 0.4) is 0 Å². The Morgan fingerprint density at radius 1 is 1.11 bits per heavy atom. The second-order valence-corrected chi connectivity index (χ2v) is 5.23. The molecule has 0 heterocycles. The molecule has 0 aliphatic carbocycles. The van der Waals surface area contributed by atoms with E-state index in [0.29, 0.717) is 12.0 Å². The van der Waals surface area contributed by atoms with Crippen LogP contribution in [0.25, 0.3) is 11.1 Å². The van der Waals surface area contributed by atoms with Gasteiger partial charge in [-0.05, 0) is 53.8 Å². The van der Waals surface area contributed by atoms with Crippen molar-refractivity contribution in [2.24, 2.45) is 0 Å². The van der Waals surface area contributed by atoms with Crippen molar-refractivity contribution >= 4 is 15.9 Å². The fourth-order valence-corrected chi connectivity index (χ4v) is 2.32. The fraction of sp³-hybridized carbons (Fsp3) is 0.188. The third kappa shape index (κ3) is 3.44. The zero-order chi connectivity index (χ0) is 13.7. The normalized spacial score (nSPS) is 10.2. The maximum atomic E-state index is 8.98. The average molecular weight is 316 g/mol. The van der Waals surface area contributed by atoms with Gasteiger partial charge < -0.3 is 5.11 Å². The number of nitrogens with zero attached hydrogens (tertiary/aromatic N) is 1. The van der Waals surface area contributed by atoms with Crippen LogP contribution in [-0.4, -0.2) is 11.7 Å². The molecule has 0 fully saturated rings. The van der Waals surface area contributed by atoms with E-state index in [1.54, 1.807) is 0 Å². The summed E-state index contributed by atoms with van der Waals surface area (Å²) >= 11 is 3.43. The van der Waals surface area contributed by atoms with Crippen LogP contribution in [0.2, 0.25) is 0 Å². The lowest BCUT2D eigenvalue weighted by atomic mass is 9.95. The molecule has 0 aliphatic rings. The third-order valence-electron chi connectivity index (χ3n) is 2.99. The van der Waals surface area contributed by atoms with Crippen LogP contribution in [0.1, 0.15) is 17.5 Å². The van der Waals surface area contributed by atoms with E-state index < -0.39 is 0 Å². The maximum absolute atomic E-state index is 8.98. The fourth-order valence-electron chi connectivity index (χ4n) is 2.05. The number of nitriles is 1. The van der Waals surface area contributed by atoms with E-state index in [1.807, 2.05) is 42.5 Å². The predicted molar refractivity (Wildman–Crippen MR) is 79.7 cm³/mol. The maximum Gasteiger partial charge on any atom is 0.0991 e. The van der Waals surface area contributed by atoms with Gasteiger partial charge in [0.25, 0.3) is 0 Å². The molecule has 0 spiro atoms. The summed E-state index contributed by atoms with van der Waals surface area (Å²) in [6.07, 6.45) is 1.48. The van der Waals surface area contributed by atoms with Gasteiger partial charge in [0.2, 0.25) is 0 Å². The standard InChI is InChI=1S/C16H14BrNO/c17-15-6-4-13(5-7-15)16-8-3-12(11-18)10-14(16)2-1-9-19/h3-8,10,19H,1-2,9H2. The van der Waals surface area contributed by atoms with Crippen molar-refractivity contribution in [3.63, 3.8) is 0 Å². The van der Waals surface area contributed by atoms with E-state index in [4.69, 9.17) is 10.4 Å². The first kappa shape index (κ1) is 13.8. The van der Waals surface area contributed by atoms with E-state index in [9.17, 15) is 0 Å². The summed E-state index contributed by atoms with van der Waals surface area (Å²) < 4.78 is 1.04. The molecule has 0 saturated heterocycles. The smallest absolute Gasteiger partial charge is 0.0991 e. The van der Waals surface area contributed by atoms with Crippen molar-refractivity contribution in [1.29, 1.82) is 5.26 Å². The second-order valence-electron chi connectivity index (χ2n) is 4.32. The van der Waals surface area contributed by atoms with Crippen molar-refractivity contribution in [1.82, 2.24) is 0 Å². The number of aliphatic hydroxyl groups is 1. The van der Waals surface area contributed by atoms with Gasteiger partial charge in [-0.15, -0.1) is 0 Å². The molecule has 0 saturated carbocycles. The van der Waals surface area contributed by atoms with Crippen LogP contribution in [0.15, 0.2) is 46.9 Å². The first-order valence-electron chi connectivity index (χ1n) is 6.14. The molecule has 0 atom stereocenters. The zero-order valence-corrected chi connectivity index (χ0v) is 12.0. The highest BCUT2D eigenvalue weighted by atomic mass is 79.9. The van der Waals surface area contributed by atoms with Crippen LogP contribution in [-0.2, 0) is 6.42 Å². The Bertz CT molecular complexity index is 599. The van der Waals surface area contributed by atoms with Crippen LogP contribution in [0.4, 0.5) is 0 Å². The Morgan fingerprint density at radius 2 is 1.84 bits per heavy atom. The number of aryl methyl sites for hydroxylation is 1. The number of benzene rings is 2. The molecule has 2 nitrogen and oxygen atoms in total. The quantitative estimate of drug-likeness (QED) is 0.929. The molecular formula is C16H14BrNO. The number of rotatable bonds is 4. The lowest BCUT2D eigenvalue weighted by molar-refractivity contribution is 0.288. The Balaban J connectivity index is 2.43. The molecule has 0 aromatic heterocycles. The summed E-state index contributed by atoms with van der Waals surface area (Å²) in [5.74, 6) is 0. The second kappa shape index (κ2) is 6.51. The number of hydrogen-bond donors (Lipinski definition) is 1. The van der Waals surface area contributed by atoms with Crippen molar-refractivity contribution < 1.29 is 5.11 Å². The molecule has 19 heavy (non-hydrogen) atoms. The van der Waals surface area contributed by atoms with Gasteiger partial charge in [0.1, 0.15) is 0 Å². The lowest BCUT2D eigenvalue weighted by Crippen LogP contribution is -1.94. The van der Waals surface area contributed by atoms with Crippen LogP contribution >= 0.6 is 15.9 Å². The van der Waals surface area contributed by atoms with Gasteiger partial charge in [0, 0.05) is 11.1 Å². The number of halogens is 1. The molecule has 0 radical (unpaired) electrons. The summed E-state index contributed by atoms with van der Waals surface area (Å²) in [7, 11) is 0. The highest BCUT2D eigenvalue weighted by Crippen LogP contribution is 2.27. The lowest BCUT2D eigenvalue weighted by Gasteiger charge is -2.10. The van der Waals surface area contributed by atoms with E-state index in [2.05, 4.69) is 22.0 Å². The summed E-state index contributed by atoms with van der Waals surface area (Å²) in [6, 6.07) is 16.0. The molecule has 0 aliphatic heterocycles. The monoisotopic (exact) mass is 315 g/mol. The van der Waals surface area contributed by atoms with Gasteiger partial charge in [0.15, 0.2) is 0 Å². The molecule has 0 unspecified atom stereocenters. The summed E-state index contributed by atoms with van der Waals surface area (Å²) in [5.41, 5.74) is 4.02. The number of aliphatic hydroxyl groups excluding tert-OH is 1. The molecule has 0 bridgehead atoms. The largest absolute Gasteiger partial charge is 0.396 e. The molecule has 96 valence electrons. The van der Waals surface area contributed by atoms with Gasteiger partial charge in [-0.2, -0.15) is 5.26 Å². The van der Waals surface area contributed by atoms with Crippen molar-refractivity contribution in [2.45, 2.75) is 12.8 Å². The summed E-state index contributed by atoms with van der Waals surface area (Å²) in [5, 5.41) is 18.0. The first-order chi connectivity index (χ1) is 9.24. The minimum absolute atomic E-state index is 0.163. The topological polar surface area (TPSA) is 44.0 Å². The van der Waals surface area contributed by atoms with Crippen molar-refractivity contribution in [2.75, 3.05) is 6.61 Å². The van der Waals surface area contributed by atoms with Gasteiger partial charge in [-0.3, -0.25) is 0 Å². The zero-order valence-electron chi connectivity index (χ0n) is 10.4. The SMILES string of the molecule is N#Cc1ccc(-c2ccc(Br)cc2)c(CCCO)c1. The highest BCUT2D eigenvalue weighted by molar-refractivity contribution is 9.10. The van der Waals surface area contributed by atoms with Gasteiger partial charge in [-0.25, -0.2) is 0 Å². The first-order valence-corrected chi connectivity index (χ1v) is 6.93. The van der Waals surface area contributed by atoms with Gasteiger partial charge in [-0.1, -0.05) is 34.1 Å². The predicted octanol–water partition coefficient (Wildman–Crippen LogP) is 3.91. The molecule has 3 heteroatoms. The molecule has 2 aromatic carbocycles. The molecule has 2 rings (SSSR count). The molecular weight excluding hydrogens is 302 g/mol. The van der Waals surface area contributed by atoms with Crippen LogP contribution in [0, 0.1) is 11.3 Å². The Morgan fingerprint density at radius 3 is 2.47 bits per heavy atom. The van der Waals surface area contributed by atoms with E-state index in [0.717, 1.165) is 27.6 Å². The van der Waals surface area contributed by atoms with Crippen LogP contribution in [0.5, 0.6) is 0 Å².